The Labute approximate surface area is 206 Å². The molecular weight excluding hydrogens is 402 g/mol. The van der Waals surface area contributed by atoms with Gasteiger partial charge < -0.3 is 4.74 Å². The smallest absolute Gasteiger partial charge is 0.0594 e. The van der Waals surface area contributed by atoms with Crippen LogP contribution in [0, 0.1) is 52.3 Å². The van der Waals surface area contributed by atoms with Gasteiger partial charge in [-0.15, -0.1) is 0 Å². The molecule has 4 unspecified atom stereocenters. The van der Waals surface area contributed by atoms with E-state index in [-0.39, 0.29) is 0 Å². The molecule has 5 fully saturated rings. The monoisotopic (exact) mass is 457 g/mol. The largest absolute Gasteiger partial charge is 0.379 e. The van der Waals surface area contributed by atoms with Crippen molar-refractivity contribution in [1.29, 1.82) is 0 Å². The highest BCUT2D eigenvalue weighted by Crippen LogP contribution is 2.68. The summed E-state index contributed by atoms with van der Waals surface area (Å²) in [5, 5.41) is 0. The first kappa shape index (κ1) is 24.6. The van der Waals surface area contributed by atoms with Crippen molar-refractivity contribution in [3.63, 3.8) is 0 Å². The number of morpholine rings is 1. The van der Waals surface area contributed by atoms with E-state index in [1.54, 1.807) is 19.3 Å². The maximum Gasteiger partial charge on any atom is 0.0594 e. The molecule has 1 saturated heterocycles. The van der Waals surface area contributed by atoms with Crippen LogP contribution in [0.3, 0.4) is 0 Å². The normalized spacial score (nSPS) is 47.1. The Morgan fingerprint density at radius 1 is 0.818 bits per heavy atom. The molecule has 5 rings (SSSR count). The fourth-order valence-electron chi connectivity index (χ4n) is 10.5. The summed E-state index contributed by atoms with van der Waals surface area (Å²) in [6, 6.07) is 0.847. The molecule has 0 amide bonds. The highest BCUT2D eigenvalue weighted by atomic mass is 16.5. The van der Waals surface area contributed by atoms with Crippen molar-refractivity contribution >= 4 is 0 Å². The first-order valence-electron chi connectivity index (χ1n) is 15.1. The van der Waals surface area contributed by atoms with E-state index in [4.69, 9.17) is 4.74 Å². The van der Waals surface area contributed by atoms with Crippen LogP contribution >= 0.6 is 0 Å². The highest BCUT2D eigenvalue weighted by Gasteiger charge is 2.60. The van der Waals surface area contributed by atoms with Gasteiger partial charge in [0, 0.05) is 19.1 Å². The Kier molecular flexibility index (Phi) is 7.28. The van der Waals surface area contributed by atoms with Crippen molar-refractivity contribution in [3.8, 4) is 0 Å². The van der Waals surface area contributed by atoms with Crippen LogP contribution in [0.5, 0.6) is 0 Å². The third kappa shape index (κ3) is 4.47. The molecule has 2 nitrogen and oxygen atoms in total. The molecule has 1 heterocycles. The maximum atomic E-state index is 5.65. The fourth-order valence-corrected chi connectivity index (χ4v) is 10.5. The summed E-state index contributed by atoms with van der Waals surface area (Å²) in [5.74, 6) is 6.88. The van der Waals surface area contributed by atoms with Gasteiger partial charge in [-0.1, -0.05) is 53.9 Å². The average Bonchev–Trinajstić information content (AvgIpc) is 3.16. The van der Waals surface area contributed by atoms with E-state index >= 15 is 0 Å². The standard InChI is InChI=1S/C31H55NO/c1-22(2)7-6-8-23(3)27-11-12-28-26-10-9-24-21-25(32-17-19-33-20-18-32)13-15-30(24,4)29(26)14-16-31(27,28)5/h22-29H,6-21H2,1-5H3/t23-,24?,25+,26?,27-,28?,29?,30+,31-/m1/s1. The predicted octanol–water partition coefficient (Wildman–Crippen LogP) is 7.81. The molecule has 2 heteroatoms. The number of nitrogens with zero attached hydrogens (tertiary/aromatic N) is 1. The molecule has 190 valence electrons. The number of hydrogen-bond donors (Lipinski definition) is 0. The van der Waals surface area contributed by atoms with Gasteiger partial charge in [-0.05, 0) is 110 Å². The molecule has 33 heavy (non-hydrogen) atoms. The van der Waals surface area contributed by atoms with E-state index in [0.717, 1.165) is 60.7 Å². The second-order valence-electron chi connectivity index (χ2n) is 14.3. The van der Waals surface area contributed by atoms with Gasteiger partial charge in [-0.2, -0.15) is 0 Å². The second-order valence-corrected chi connectivity index (χ2v) is 14.3. The molecule has 0 radical (unpaired) electrons. The molecular formula is C31H55NO. The molecule has 0 bridgehead atoms. The molecule has 0 spiro atoms. The molecule has 4 saturated carbocycles. The second kappa shape index (κ2) is 9.76. The zero-order valence-corrected chi connectivity index (χ0v) is 22.8. The molecule has 1 aliphatic heterocycles. The first-order valence-corrected chi connectivity index (χ1v) is 15.1. The Hall–Kier alpha value is -0.0800. The van der Waals surface area contributed by atoms with Gasteiger partial charge in [0.15, 0.2) is 0 Å². The van der Waals surface area contributed by atoms with Gasteiger partial charge in [0.1, 0.15) is 0 Å². The Bertz CT molecular complexity index is 655. The molecule has 0 aromatic heterocycles. The van der Waals surface area contributed by atoms with Crippen LogP contribution in [0.2, 0.25) is 0 Å². The van der Waals surface area contributed by atoms with Gasteiger partial charge in [-0.3, -0.25) is 4.90 Å². The van der Waals surface area contributed by atoms with E-state index in [9.17, 15) is 0 Å². The van der Waals surface area contributed by atoms with Crippen molar-refractivity contribution in [1.82, 2.24) is 4.90 Å². The minimum atomic E-state index is 0.633. The van der Waals surface area contributed by atoms with E-state index in [1.165, 1.54) is 70.9 Å². The minimum absolute atomic E-state index is 0.633. The summed E-state index contributed by atoms with van der Waals surface area (Å²) >= 11 is 0. The lowest BCUT2D eigenvalue weighted by Crippen LogP contribution is -2.56. The van der Waals surface area contributed by atoms with E-state index < -0.39 is 0 Å². The van der Waals surface area contributed by atoms with Crippen molar-refractivity contribution < 1.29 is 4.74 Å². The summed E-state index contributed by atoms with van der Waals surface area (Å²) in [6.07, 6.45) is 18.0. The Morgan fingerprint density at radius 3 is 2.30 bits per heavy atom. The Morgan fingerprint density at radius 2 is 1.55 bits per heavy atom. The molecule has 0 N–H and O–H groups in total. The van der Waals surface area contributed by atoms with E-state index in [2.05, 4.69) is 39.5 Å². The van der Waals surface area contributed by atoms with Crippen molar-refractivity contribution in [3.05, 3.63) is 0 Å². The van der Waals surface area contributed by atoms with E-state index in [0.29, 0.717) is 10.8 Å². The van der Waals surface area contributed by atoms with Crippen LogP contribution < -0.4 is 0 Å². The summed E-state index contributed by atoms with van der Waals surface area (Å²) in [7, 11) is 0. The molecule has 0 aromatic carbocycles. The van der Waals surface area contributed by atoms with Crippen LogP contribution in [-0.4, -0.2) is 37.2 Å². The van der Waals surface area contributed by atoms with Crippen LogP contribution in [0.4, 0.5) is 0 Å². The van der Waals surface area contributed by atoms with Gasteiger partial charge in [0.05, 0.1) is 13.2 Å². The van der Waals surface area contributed by atoms with Gasteiger partial charge in [0.25, 0.3) is 0 Å². The van der Waals surface area contributed by atoms with Gasteiger partial charge in [-0.25, -0.2) is 0 Å². The highest BCUT2D eigenvalue weighted by molar-refractivity contribution is 5.10. The van der Waals surface area contributed by atoms with Crippen LogP contribution in [0.25, 0.3) is 0 Å². The van der Waals surface area contributed by atoms with Crippen molar-refractivity contribution in [2.24, 2.45) is 52.3 Å². The lowest BCUT2D eigenvalue weighted by atomic mass is 9.44. The number of rotatable bonds is 6. The molecule has 0 aromatic rings. The topological polar surface area (TPSA) is 12.5 Å². The van der Waals surface area contributed by atoms with Crippen molar-refractivity contribution in [2.45, 2.75) is 118 Å². The number of ether oxygens (including phenoxy) is 1. The van der Waals surface area contributed by atoms with Crippen LogP contribution in [-0.2, 0) is 4.74 Å². The zero-order chi connectivity index (χ0) is 23.2. The summed E-state index contributed by atoms with van der Waals surface area (Å²) in [4.78, 5) is 2.79. The van der Waals surface area contributed by atoms with E-state index in [1.807, 2.05) is 0 Å². The van der Waals surface area contributed by atoms with Gasteiger partial charge >= 0.3 is 0 Å². The maximum absolute atomic E-state index is 5.65. The zero-order valence-electron chi connectivity index (χ0n) is 22.8. The first-order chi connectivity index (χ1) is 15.8. The molecule has 5 aliphatic rings. The third-order valence-electron chi connectivity index (χ3n) is 12.4. The quantitative estimate of drug-likeness (QED) is 0.403. The van der Waals surface area contributed by atoms with Crippen molar-refractivity contribution in [2.75, 3.05) is 26.3 Å². The minimum Gasteiger partial charge on any atom is -0.379 e. The van der Waals surface area contributed by atoms with Gasteiger partial charge in [0.2, 0.25) is 0 Å². The lowest BCUT2D eigenvalue weighted by Gasteiger charge is -2.62. The molecule has 9 atom stereocenters. The summed E-state index contributed by atoms with van der Waals surface area (Å²) in [6.45, 7) is 17.2. The van der Waals surface area contributed by atoms with Crippen LogP contribution in [0.15, 0.2) is 0 Å². The predicted molar refractivity (Wildman–Crippen MR) is 139 cm³/mol. The summed E-state index contributed by atoms with van der Waals surface area (Å²) in [5.41, 5.74) is 1.28. The fraction of sp³-hybridized carbons (Fsp3) is 1.00. The third-order valence-corrected chi connectivity index (χ3v) is 12.4. The number of fused-ring (bicyclic) bond motifs is 5. The van der Waals surface area contributed by atoms with Crippen LogP contribution in [0.1, 0.15) is 112 Å². The summed E-state index contributed by atoms with van der Waals surface area (Å²) < 4.78 is 5.65. The Balaban J connectivity index is 1.24. The SMILES string of the molecule is CC(C)CCC[C@@H](C)[C@H]1CCC2C3CCC4C[C@@H](N5CCOCC5)CC[C@]4(C)C3CC[C@@]21C. The number of hydrogen-bond acceptors (Lipinski definition) is 2. The average molecular weight is 458 g/mol. The molecule has 4 aliphatic carbocycles. The lowest BCUT2D eigenvalue weighted by molar-refractivity contribution is -0.127.